The minimum absolute atomic E-state index is 0.0653. The lowest BCUT2D eigenvalue weighted by Gasteiger charge is -2.10. The third-order valence-electron chi connectivity index (χ3n) is 4.29. The van der Waals surface area contributed by atoms with Crippen molar-refractivity contribution in [1.82, 2.24) is 14.1 Å². The van der Waals surface area contributed by atoms with E-state index in [0.29, 0.717) is 27.4 Å². The number of fused-ring (bicyclic) bond motifs is 2. The molecule has 4 rings (SSSR count). The maximum absolute atomic E-state index is 12.5. The number of para-hydroxylation sites is 1. The number of carbonyl (C=O) groups is 1. The largest absolute Gasteiger partial charge is 0.338 e. The molecule has 4 aromatic rings. The Hall–Kier alpha value is -3.12. The number of nitrogens with zero attached hydrogens (tertiary/aromatic N) is 3. The van der Waals surface area contributed by atoms with Crippen molar-refractivity contribution in [2.24, 2.45) is 7.05 Å². The molecule has 0 spiro atoms. The van der Waals surface area contributed by atoms with Gasteiger partial charge in [0.25, 0.3) is 0 Å². The molecule has 0 aliphatic carbocycles. The summed E-state index contributed by atoms with van der Waals surface area (Å²) in [7, 11) is 1.83. The Labute approximate surface area is 153 Å². The zero-order valence-electron chi connectivity index (χ0n) is 13.9. The number of aryl methyl sites for hydroxylation is 1. The number of hydrogen-bond acceptors (Lipinski definition) is 3. The normalized spacial score (nSPS) is 11.2. The van der Waals surface area contributed by atoms with Gasteiger partial charge in [0.05, 0.1) is 16.6 Å². The van der Waals surface area contributed by atoms with Crippen LogP contribution in [0.2, 0.25) is 5.02 Å². The second-order valence-electron chi connectivity index (χ2n) is 6.00. The molecule has 0 saturated heterocycles. The highest BCUT2D eigenvalue weighted by Crippen LogP contribution is 2.22. The fourth-order valence-electron chi connectivity index (χ4n) is 3.00. The fourth-order valence-corrected chi connectivity index (χ4v) is 3.17. The molecule has 26 heavy (non-hydrogen) atoms. The third kappa shape index (κ3) is 2.84. The molecule has 2 aromatic carbocycles. The molecule has 1 N–H and O–H groups in total. The van der Waals surface area contributed by atoms with Crippen molar-refractivity contribution in [2.75, 3.05) is 5.32 Å². The van der Waals surface area contributed by atoms with Crippen LogP contribution in [0.1, 0.15) is 0 Å². The lowest BCUT2D eigenvalue weighted by Crippen LogP contribution is -2.21. The van der Waals surface area contributed by atoms with Gasteiger partial charge >= 0.3 is 0 Å². The molecule has 0 aliphatic heterocycles. The number of anilines is 1. The zero-order valence-corrected chi connectivity index (χ0v) is 14.7. The van der Waals surface area contributed by atoms with E-state index < -0.39 is 0 Å². The van der Waals surface area contributed by atoms with Gasteiger partial charge in [-0.05, 0) is 30.3 Å². The third-order valence-corrected chi connectivity index (χ3v) is 4.53. The number of halogens is 1. The number of pyridine rings is 1. The number of imidazole rings is 1. The van der Waals surface area contributed by atoms with Crippen LogP contribution in [0.4, 0.5) is 5.95 Å². The zero-order chi connectivity index (χ0) is 18.3. The van der Waals surface area contributed by atoms with Gasteiger partial charge in [-0.1, -0.05) is 23.7 Å². The van der Waals surface area contributed by atoms with Crippen molar-refractivity contribution < 1.29 is 4.79 Å². The predicted molar refractivity (Wildman–Crippen MR) is 103 cm³/mol. The lowest BCUT2D eigenvalue weighted by molar-refractivity contribution is -0.116. The average Bonchev–Trinajstić information content (AvgIpc) is 2.92. The maximum atomic E-state index is 12.5. The molecule has 0 saturated carbocycles. The van der Waals surface area contributed by atoms with Crippen LogP contribution in [0.5, 0.6) is 0 Å². The standard InChI is InChI=1S/C19H15ClN4O2/c1-23-16-7-6-12(20)10-14(16)21-19(23)22-18(26)11-24-9-8-17(25)13-4-2-3-5-15(13)24/h2-10H,11H2,1H3,(H,21,22,26). The minimum atomic E-state index is -0.233. The first kappa shape index (κ1) is 16.4. The van der Waals surface area contributed by atoms with E-state index in [0.717, 1.165) is 5.52 Å². The van der Waals surface area contributed by atoms with Crippen LogP contribution in [0, 0.1) is 0 Å². The summed E-state index contributed by atoms with van der Waals surface area (Å²) >= 11 is 6.00. The Morgan fingerprint density at radius 2 is 1.96 bits per heavy atom. The van der Waals surface area contributed by atoms with Gasteiger partial charge in [-0.25, -0.2) is 4.98 Å². The van der Waals surface area contributed by atoms with E-state index in [1.807, 2.05) is 25.2 Å². The van der Waals surface area contributed by atoms with Gasteiger partial charge in [0.1, 0.15) is 6.54 Å². The Balaban J connectivity index is 1.63. The highest BCUT2D eigenvalue weighted by Gasteiger charge is 2.12. The number of aromatic nitrogens is 3. The summed E-state index contributed by atoms with van der Waals surface area (Å²) in [5.41, 5.74) is 2.24. The van der Waals surface area contributed by atoms with Crippen LogP contribution in [0.15, 0.2) is 59.5 Å². The Bertz CT molecular complexity index is 1210. The molecule has 0 aliphatic rings. The Morgan fingerprint density at radius 3 is 2.81 bits per heavy atom. The smallest absolute Gasteiger partial charge is 0.246 e. The molecule has 6 nitrogen and oxygen atoms in total. The van der Waals surface area contributed by atoms with Crippen LogP contribution in [-0.4, -0.2) is 20.0 Å². The molecule has 2 heterocycles. The molecule has 0 unspecified atom stereocenters. The molecule has 0 fully saturated rings. The monoisotopic (exact) mass is 366 g/mol. The van der Waals surface area contributed by atoms with Gasteiger partial charge in [0, 0.05) is 29.7 Å². The van der Waals surface area contributed by atoms with Crippen molar-refractivity contribution >= 4 is 45.4 Å². The van der Waals surface area contributed by atoms with Crippen LogP contribution < -0.4 is 10.7 Å². The highest BCUT2D eigenvalue weighted by molar-refractivity contribution is 6.31. The van der Waals surface area contributed by atoms with Gasteiger partial charge in [-0.15, -0.1) is 0 Å². The molecular formula is C19H15ClN4O2. The van der Waals surface area contributed by atoms with E-state index in [1.165, 1.54) is 6.07 Å². The van der Waals surface area contributed by atoms with E-state index in [2.05, 4.69) is 10.3 Å². The van der Waals surface area contributed by atoms with E-state index in [9.17, 15) is 9.59 Å². The summed E-state index contributed by atoms with van der Waals surface area (Å²) in [5, 5.41) is 3.99. The lowest BCUT2D eigenvalue weighted by atomic mass is 10.2. The number of rotatable bonds is 3. The summed E-state index contributed by atoms with van der Waals surface area (Å²) in [6.45, 7) is 0.0742. The van der Waals surface area contributed by atoms with Crippen molar-refractivity contribution in [2.45, 2.75) is 6.54 Å². The Kier molecular flexibility index (Phi) is 3.97. The van der Waals surface area contributed by atoms with E-state index in [-0.39, 0.29) is 17.9 Å². The molecule has 130 valence electrons. The Morgan fingerprint density at radius 1 is 1.15 bits per heavy atom. The van der Waals surface area contributed by atoms with Crippen molar-refractivity contribution in [3.63, 3.8) is 0 Å². The SMILES string of the molecule is Cn1c(NC(=O)Cn2ccc(=O)c3ccccc32)nc2cc(Cl)ccc21. The van der Waals surface area contributed by atoms with Gasteiger partial charge in [0.15, 0.2) is 5.43 Å². The number of nitrogens with one attached hydrogen (secondary N) is 1. The van der Waals surface area contributed by atoms with E-state index in [1.54, 1.807) is 39.6 Å². The summed E-state index contributed by atoms with van der Waals surface area (Å²) in [5.74, 6) is 0.209. The summed E-state index contributed by atoms with van der Waals surface area (Å²) in [4.78, 5) is 28.9. The van der Waals surface area contributed by atoms with E-state index >= 15 is 0 Å². The van der Waals surface area contributed by atoms with E-state index in [4.69, 9.17) is 11.6 Å². The molecule has 0 radical (unpaired) electrons. The first-order chi connectivity index (χ1) is 12.5. The molecule has 0 bridgehead atoms. The average molecular weight is 367 g/mol. The summed E-state index contributed by atoms with van der Waals surface area (Å²) < 4.78 is 3.54. The van der Waals surface area contributed by atoms with Gasteiger partial charge in [-0.3, -0.25) is 14.9 Å². The van der Waals surface area contributed by atoms with Crippen molar-refractivity contribution in [3.05, 3.63) is 70.0 Å². The molecule has 0 atom stereocenters. The number of benzene rings is 2. The summed E-state index contributed by atoms with van der Waals surface area (Å²) in [6.07, 6.45) is 1.62. The topological polar surface area (TPSA) is 68.9 Å². The van der Waals surface area contributed by atoms with Crippen molar-refractivity contribution in [1.29, 1.82) is 0 Å². The second kappa shape index (κ2) is 6.31. The van der Waals surface area contributed by atoms with Crippen LogP contribution >= 0.6 is 11.6 Å². The van der Waals surface area contributed by atoms with Crippen LogP contribution in [0.25, 0.3) is 21.9 Å². The molecular weight excluding hydrogens is 352 g/mol. The highest BCUT2D eigenvalue weighted by atomic mass is 35.5. The molecule has 2 aromatic heterocycles. The first-order valence-corrected chi connectivity index (χ1v) is 8.41. The van der Waals surface area contributed by atoms with Gasteiger partial charge < -0.3 is 9.13 Å². The molecule has 1 amide bonds. The maximum Gasteiger partial charge on any atom is 0.246 e. The number of carbonyl (C=O) groups excluding carboxylic acids is 1. The molecule has 7 heteroatoms. The fraction of sp³-hybridized carbons (Fsp3) is 0.105. The van der Waals surface area contributed by atoms with Gasteiger partial charge in [-0.2, -0.15) is 0 Å². The van der Waals surface area contributed by atoms with Crippen molar-refractivity contribution in [3.8, 4) is 0 Å². The first-order valence-electron chi connectivity index (χ1n) is 8.03. The quantitative estimate of drug-likeness (QED) is 0.605. The van der Waals surface area contributed by atoms with Gasteiger partial charge in [0.2, 0.25) is 11.9 Å². The second-order valence-corrected chi connectivity index (χ2v) is 6.44. The number of hydrogen-bond donors (Lipinski definition) is 1. The predicted octanol–water partition coefficient (Wildman–Crippen LogP) is 3.18. The number of amides is 1. The minimum Gasteiger partial charge on any atom is -0.338 e. The van der Waals surface area contributed by atoms with Crippen LogP contribution in [0.3, 0.4) is 0 Å². The van der Waals surface area contributed by atoms with Crippen LogP contribution in [-0.2, 0) is 18.4 Å². The summed E-state index contributed by atoms with van der Waals surface area (Å²) in [6, 6.07) is 14.1.